The second-order valence-corrected chi connectivity index (χ2v) is 9.30. The van der Waals surface area contributed by atoms with Crippen molar-refractivity contribution in [2.75, 3.05) is 6.61 Å². The molecule has 0 amide bonds. The Kier molecular flexibility index (Phi) is 5.65. The Bertz CT molecular complexity index is 596. The first-order chi connectivity index (χ1) is 11.4. The van der Waals surface area contributed by atoms with E-state index < -0.39 is 11.5 Å². The van der Waals surface area contributed by atoms with Gasteiger partial charge in [0.05, 0.1) is 0 Å². The fourth-order valence-corrected chi connectivity index (χ4v) is 3.86. The van der Waals surface area contributed by atoms with Gasteiger partial charge in [-0.15, -0.1) is 0 Å². The Balaban J connectivity index is 2.17. The molecule has 0 radical (unpaired) electrons. The quantitative estimate of drug-likeness (QED) is 0.771. The van der Waals surface area contributed by atoms with Gasteiger partial charge in [-0.25, -0.2) is 8.78 Å². The van der Waals surface area contributed by atoms with E-state index in [9.17, 15) is 13.9 Å². The van der Waals surface area contributed by atoms with Crippen molar-refractivity contribution in [1.29, 1.82) is 0 Å². The van der Waals surface area contributed by atoms with E-state index in [0.29, 0.717) is 0 Å². The van der Waals surface area contributed by atoms with Crippen molar-refractivity contribution >= 4 is 0 Å². The topological polar surface area (TPSA) is 46.2 Å². The third-order valence-corrected chi connectivity index (χ3v) is 5.77. The van der Waals surface area contributed by atoms with Crippen molar-refractivity contribution < 1.29 is 13.9 Å². The van der Waals surface area contributed by atoms with Gasteiger partial charge < -0.3 is 10.8 Å². The fourth-order valence-electron chi connectivity index (χ4n) is 3.86. The number of hydrogen-bond acceptors (Lipinski definition) is 2. The summed E-state index contributed by atoms with van der Waals surface area (Å²) in [5, 5.41) is 9.80. The van der Waals surface area contributed by atoms with Crippen molar-refractivity contribution in [3.63, 3.8) is 0 Å². The van der Waals surface area contributed by atoms with Crippen molar-refractivity contribution in [1.82, 2.24) is 0 Å². The number of aliphatic hydroxyl groups excluding tert-OH is 1. The number of hydrogen-bond donors (Lipinski definition) is 2. The van der Waals surface area contributed by atoms with Crippen molar-refractivity contribution in [2.24, 2.45) is 23.0 Å². The summed E-state index contributed by atoms with van der Waals surface area (Å²) in [4.78, 5) is 0. The molecular formula is C21H33F2NO. The van der Waals surface area contributed by atoms with E-state index in [2.05, 4.69) is 39.8 Å². The van der Waals surface area contributed by atoms with Crippen LogP contribution in [0.4, 0.5) is 8.78 Å². The van der Waals surface area contributed by atoms with Crippen molar-refractivity contribution in [3.05, 3.63) is 34.9 Å². The normalized spacial score (nSPS) is 21.5. The van der Waals surface area contributed by atoms with E-state index in [1.54, 1.807) is 0 Å². The zero-order valence-electron chi connectivity index (χ0n) is 16.2. The van der Waals surface area contributed by atoms with E-state index >= 15 is 0 Å². The molecule has 1 aliphatic carbocycles. The van der Waals surface area contributed by atoms with Crippen LogP contribution in [-0.4, -0.2) is 17.6 Å². The summed E-state index contributed by atoms with van der Waals surface area (Å²) in [6.07, 6.45) is 1.76. The molecule has 1 aromatic rings. The average molecular weight is 353 g/mol. The van der Waals surface area contributed by atoms with Crippen LogP contribution in [0.5, 0.6) is 0 Å². The molecule has 2 rings (SSSR count). The molecule has 0 bridgehead atoms. The summed E-state index contributed by atoms with van der Waals surface area (Å²) in [6.45, 7) is 10.4. The van der Waals surface area contributed by atoms with Crippen LogP contribution in [-0.2, 0) is 12.0 Å². The van der Waals surface area contributed by atoms with Crippen LogP contribution in [0.25, 0.3) is 0 Å². The SMILES string of the molecule is Cc1cc([C@](C)(N)C(CO)C2CC(F)(F)C2)ccc1CCC(C)(C)C. The Labute approximate surface area is 150 Å². The van der Waals surface area contributed by atoms with E-state index in [4.69, 9.17) is 5.73 Å². The molecule has 1 fully saturated rings. The zero-order valence-corrected chi connectivity index (χ0v) is 16.2. The molecule has 0 aromatic heterocycles. The summed E-state index contributed by atoms with van der Waals surface area (Å²) in [7, 11) is 0. The van der Waals surface area contributed by atoms with E-state index in [-0.39, 0.29) is 36.7 Å². The molecule has 0 heterocycles. The predicted octanol–water partition coefficient (Wildman–Crippen LogP) is 4.80. The van der Waals surface area contributed by atoms with Gasteiger partial charge in [-0.3, -0.25) is 0 Å². The molecule has 0 spiro atoms. The maximum Gasteiger partial charge on any atom is 0.248 e. The molecule has 0 saturated heterocycles. The van der Waals surface area contributed by atoms with Crippen molar-refractivity contribution in [3.8, 4) is 0 Å². The number of halogens is 2. The highest BCUT2D eigenvalue weighted by molar-refractivity contribution is 5.35. The molecule has 1 aliphatic rings. The first-order valence-corrected chi connectivity index (χ1v) is 9.23. The lowest BCUT2D eigenvalue weighted by Gasteiger charge is -2.46. The first kappa shape index (κ1) is 20.3. The standard InChI is InChI=1S/C21H33F2NO/c1-14-10-17(7-6-15(14)8-9-19(2,3)4)20(5,24)18(13-25)16-11-21(22,23)12-16/h6-7,10,16,18,25H,8-9,11-13,24H2,1-5H3/t18?,20-/m0/s1. The second kappa shape index (κ2) is 6.96. The minimum Gasteiger partial charge on any atom is -0.396 e. The van der Waals surface area contributed by atoms with Crippen LogP contribution in [0, 0.1) is 24.2 Å². The Morgan fingerprint density at radius 2 is 1.84 bits per heavy atom. The summed E-state index contributed by atoms with van der Waals surface area (Å²) < 4.78 is 26.5. The number of aryl methyl sites for hydroxylation is 2. The van der Waals surface area contributed by atoms with Gasteiger partial charge in [-0.1, -0.05) is 39.0 Å². The molecule has 142 valence electrons. The molecule has 1 saturated carbocycles. The lowest BCUT2D eigenvalue weighted by molar-refractivity contribution is -0.139. The number of benzene rings is 1. The van der Waals surface area contributed by atoms with E-state index in [1.807, 2.05) is 13.0 Å². The lowest BCUT2D eigenvalue weighted by atomic mass is 9.64. The van der Waals surface area contributed by atoms with Crippen LogP contribution < -0.4 is 5.73 Å². The smallest absolute Gasteiger partial charge is 0.248 e. The number of alkyl halides is 2. The first-order valence-electron chi connectivity index (χ1n) is 9.23. The van der Waals surface area contributed by atoms with Gasteiger partial charge in [0.2, 0.25) is 5.92 Å². The molecule has 25 heavy (non-hydrogen) atoms. The molecule has 2 atom stereocenters. The van der Waals surface area contributed by atoms with Gasteiger partial charge in [0.1, 0.15) is 0 Å². The average Bonchev–Trinajstić information content (AvgIpc) is 2.43. The minimum absolute atomic E-state index is 0.168. The second-order valence-electron chi connectivity index (χ2n) is 9.30. The predicted molar refractivity (Wildman–Crippen MR) is 98.7 cm³/mol. The molecule has 0 aliphatic heterocycles. The number of rotatable bonds is 6. The van der Waals surface area contributed by atoms with Gasteiger partial charge in [0.25, 0.3) is 0 Å². The third kappa shape index (κ3) is 4.79. The highest BCUT2D eigenvalue weighted by Gasteiger charge is 2.52. The Morgan fingerprint density at radius 1 is 1.24 bits per heavy atom. The van der Waals surface area contributed by atoms with E-state index in [0.717, 1.165) is 18.4 Å². The van der Waals surface area contributed by atoms with Crippen LogP contribution >= 0.6 is 0 Å². The molecular weight excluding hydrogens is 320 g/mol. The maximum absolute atomic E-state index is 13.3. The molecule has 3 N–H and O–H groups in total. The summed E-state index contributed by atoms with van der Waals surface area (Å²) in [5.41, 5.74) is 9.40. The monoisotopic (exact) mass is 353 g/mol. The summed E-state index contributed by atoms with van der Waals surface area (Å²) in [6, 6.07) is 6.17. The molecule has 2 nitrogen and oxygen atoms in total. The zero-order chi connectivity index (χ0) is 19.0. The minimum atomic E-state index is -2.60. The van der Waals surface area contributed by atoms with Crippen LogP contribution in [0.3, 0.4) is 0 Å². The number of aliphatic hydroxyl groups is 1. The van der Waals surface area contributed by atoms with E-state index in [1.165, 1.54) is 11.1 Å². The highest BCUT2D eigenvalue weighted by Crippen LogP contribution is 2.50. The highest BCUT2D eigenvalue weighted by atomic mass is 19.3. The third-order valence-electron chi connectivity index (χ3n) is 5.77. The number of nitrogens with two attached hydrogens (primary N) is 1. The van der Waals surface area contributed by atoms with Gasteiger partial charge >= 0.3 is 0 Å². The van der Waals surface area contributed by atoms with Gasteiger partial charge in [0, 0.05) is 30.9 Å². The lowest BCUT2D eigenvalue weighted by Crippen LogP contribution is -2.52. The van der Waals surface area contributed by atoms with Gasteiger partial charge in [-0.2, -0.15) is 0 Å². The van der Waals surface area contributed by atoms with Gasteiger partial charge in [0.15, 0.2) is 0 Å². The maximum atomic E-state index is 13.3. The van der Waals surface area contributed by atoms with Crippen LogP contribution in [0.1, 0.15) is 63.6 Å². The Morgan fingerprint density at radius 3 is 2.28 bits per heavy atom. The molecule has 4 heteroatoms. The Hall–Kier alpha value is -1.00. The van der Waals surface area contributed by atoms with Crippen molar-refractivity contribution in [2.45, 2.75) is 71.8 Å². The van der Waals surface area contributed by atoms with Crippen LogP contribution in [0.2, 0.25) is 0 Å². The molecule has 1 aromatic carbocycles. The summed E-state index contributed by atoms with van der Waals surface area (Å²) in [5.74, 6) is -3.18. The summed E-state index contributed by atoms with van der Waals surface area (Å²) >= 11 is 0. The molecule has 1 unspecified atom stereocenters. The van der Waals surface area contributed by atoms with Gasteiger partial charge in [-0.05, 0) is 54.7 Å². The fraction of sp³-hybridized carbons (Fsp3) is 0.714. The largest absolute Gasteiger partial charge is 0.396 e. The van der Waals surface area contributed by atoms with Crippen LogP contribution in [0.15, 0.2) is 18.2 Å².